The summed E-state index contributed by atoms with van der Waals surface area (Å²) in [7, 11) is 0. The minimum absolute atomic E-state index is 0.162. The van der Waals surface area contributed by atoms with Crippen LogP contribution in [-0.2, 0) is 9.53 Å². The lowest BCUT2D eigenvalue weighted by atomic mass is 9.43. The molecule has 8 atom stereocenters. The molecule has 2 saturated heterocycles. The number of ether oxygens (including phenoxy) is 1. The van der Waals surface area contributed by atoms with Crippen LogP contribution in [0.2, 0.25) is 0 Å². The van der Waals surface area contributed by atoms with Crippen molar-refractivity contribution in [1.29, 1.82) is 0 Å². The van der Waals surface area contributed by atoms with E-state index in [1.165, 1.54) is 12.8 Å². The zero-order valence-corrected chi connectivity index (χ0v) is 14.8. The highest BCUT2D eigenvalue weighted by Crippen LogP contribution is 2.69. The van der Waals surface area contributed by atoms with Crippen molar-refractivity contribution in [3.63, 3.8) is 0 Å². The van der Waals surface area contributed by atoms with Crippen LogP contribution < -0.4 is 0 Å². The molecule has 6 aliphatic rings. The summed E-state index contributed by atoms with van der Waals surface area (Å²) in [5, 5.41) is 22.6. The maximum Gasteiger partial charge on any atom is 0.162 e. The number of hydrogen-bond acceptors (Lipinski definition) is 5. The molecule has 25 heavy (non-hydrogen) atoms. The first-order valence-corrected chi connectivity index (χ1v) is 10.4. The van der Waals surface area contributed by atoms with E-state index in [-0.39, 0.29) is 23.8 Å². The molecule has 5 nitrogen and oxygen atoms in total. The normalized spacial score (nSPS) is 57.4. The smallest absolute Gasteiger partial charge is 0.162 e. The van der Waals surface area contributed by atoms with Gasteiger partial charge in [-0.3, -0.25) is 9.69 Å². The number of Topliss-reactive ketones (excluding diaryl/α,β-unsaturated/α-hetero) is 1. The third-order valence-electron chi connectivity index (χ3n) is 8.80. The lowest BCUT2D eigenvalue weighted by Gasteiger charge is -2.67. The summed E-state index contributed by atoms with van der Waals surface area (Å²) in [5.41, 5.74) is -1.26. The molecular weight excluding hydrogens is 318 g/mol. The molecule has 0 aromatic rings. The van der Waals surface area contributed by atoms with Gasteiger partial charge in [-0.1, -0.05) is 0 Å². The number of aliphatic hydroxyl groups is 2. The number of hydrogen-bond donors (Lipinski definition) is 2. The minimum Gasteiger partial charge on any atom is -0.390 e. The Morgan fingerprint density at radius 1 is 1.20 bits per heavy atom. The van der Waals surface area contributed by atoms with Crippen molar-refractivity contribution in [2.45, 2.75) is 81.3 Å². The van der Waals surface area contributed by atoms with Gasteiger partial charge in [-0.15, -0.1) is 0 Å². The second kappa shape index (κ2) is 4.86. The summed E-state index contributed by atoms with van der Waals surface area (Å²) < 4.78 is 6.27. The molecule has 6 fully saturated rings. The fraction of sp³-hybridized carbons (Fsp3) is 0.950. The van der Waals surface area contributed by atoms with Crippen molar-refractivity contribution in [1.82, 2.24) is 4.90 Å². The third-order valence-corrected chi connectivity index (χ3v) is 8.80. The molecule has 4 aliphatic carbocycles. The molecule has 0 aromatic heterocycles. The lowest BCUT2D eigenvalue weighted by Crippen LogP contribution is -2.77. The predicted octanol–water partition coefficient (Wildman–Crippen LogP) is 1.11. The molecule has 2 N–H and O–H groups in total. The molecule has 138 valence electrons. The summed E-state index contributed by atoms with van der Waals surface area (Å²) in [6.45, 7) is 2.09. The Morgan fingerprint density at radius 3 is 2.84 bits per heavy atom. The van der Waals surface area contributed by atoms with Gasteiger partial charge < -0.3 is 14.9 Å². The molecule has 2 aliphatic heterocycles. The van der Waals surface area contributed by atoms with Crippen molar-refractivity contribution in [2.75, 3.05) is 13.1 Å². The Labute approximate surface area is 148 Å². The Bertz CT molecular complexity index is 621. The fourth-order valence-electron chi connectivity index (χ4n) is 7.66. The fourth-order valence-corrected chi connectivity index (χ4v) is 7.66. The standard InChI is InChI=1S/C20H29NO4/c22-13-4-3-12-9-15-20(24)6-5-14(23)18-19(20,16(12)17(13)25-18)7-8-21(15)10-11-1-2-11/h11-13,15-18,22,24H,1-10H2/t12?,13?,15-,16?,17?,18?,19+,20-/m1/s1. The second-order valence-corrected chi connectivity index (χ2v) is 9.78. The summed E-state index contributed by atoms with van der Waals surface area (Å²) in [6.07, 6.45) is 6.13. The predicted molar refractivity (Wildman–Crippen MR) is 89.8 cm³/mol. The summed E-state index contributed by atoms with van der Waals surface area (Å²) >= 11 is 0. The highest BCUT2D eigenvalue weighted by Gasteiger charge is 2.77. The number of rotatable bonds is 2. The van der Waals surface area contributed by atoms with Crippen molar-refractivity contribution in [3.8, 4) is 0 Å². The van der Waals surface area contributed by atoms with Crippen molar-refractivity contribution in [3.05, 3.63) is 0 Å². The van der Waals surface area contributed by atoms with Gasteiger partial charge in [-0.2, -0.15) is 0 Å². The van der Waals surface area contributed by atoms with Gasteiger partial charge >= 0.3 is 0 Å². The molecule has 6 rings (SSSR count). The van der Waals surface area contributed by atoms with Crippen LogP contribution in [-0.4, -0.2) is 63.9 Å². The van der Waals surface area contributed by atoms with Gasteiger partial charge in [0.25, 0.3) is 0 Å². The van der Waals surface area contributed by atoms with E-state index in [9.17, 15) is 15.0 Å². The second-order valence-electron chi connectivity index (χ2n) is 9.78. The zero-order valence-electron chi connectivity index (χ0n) is 14.8. The van der Waals surface area contributed by atoms with Crippen LogP contribution in [0.25, 0.3) is 0 Å². The van der Waals surface area contributed by atoms with Gasteiger partial charge in [-0.05, 0) is 63.3 Å². The number of nitrogens with zero attached hydrogens (tertiary/aromatic N) is 1. The van der Waals surface area contributed by atoms with E-state index in [0.717, 1.165) is 44.7 Å². The van der Waals surface area contributed by atoms with Crippen LogP contribution in [0.1, 0.15) is 51.4 Å². The molecule has 0 amide bonds. The Balaban J connectivity index is 1.47. The molecule has 5 unspecified atom stereocenters. The average Bonchev–Trinajstić information content (AvgIpc) is 3.32. The topological polar surface area (TPSA) is 70.0 Å². The Kier molecular flexibility index (Phi) is 3.02. The number of likely N-dealkylation sites (tertiary alicyclic amines) is 1. The van der Waals surface area contributed by atoms with Crippen LogP contribution in [0.15, 0.2) is 0 Å². The van der Waals surface area contributed by atoms with E-state index in [4.69, 9.17) is 4.74 Å². The van der Waals surface area contributed by atoms with Gasteiger partial charge in [0.2, 0.25) is 0 Å². The molecule has 2 heterocycles. The molecular formula is C20H29NO4. The van der Waals surface area contributed by atoms with E-state index >= 15 is 0 Å². The third kappa shape index (κ3) is 1.76. The van der Waals surface area contributed by atoms with Crippen LogP contribution in [0.5, 0.6) is 0 Å². The van der Waals surface area contributed by atoms with Crippen molar-refractivity contribution in [2.24, 2.45) is 23.2 Å². The van der Waals surface area contributed by atoms with Crippen molar-refractivity contribution >= 4 is 5.78 Å². The Morgan fingerprint density at radius 2 is 2.04 bits per heavy atom. The highest BCUT2D eigenvalue weighted by atomic mass is 16.5. The molecule has 0 aromatic carbocycles. The first-order valence-electron chi connectivity index (χ1n) is 10.4. The molecule has 0 radical (unpaired) electrons. The van der Waals surface area contributed by atoms with Crippen LogP contribution in [0.3, 0.4) is 0 Å². The van der Waals surface area contributed by atoms with Gasteiger partial charge in [0, 0.05) is 30.3 Å². The van der Waals surface area contributed by atoms with Gasteiger partial charge in [0.05, 0.1) is 17.8 Å². The van der Waals surface area contributed by atoms with Crippen LogP contribution >= 0.6 is 0 Å². The van der Waals surface area contributed by atoms with E-state index in [1.807, 2.05) is 0 Å². The molecule has 1 spiro atoms. The highest BCUT2D eigenvalue weighted by molar-refractivity contribution is 5.86. The summed E-state index contributed by atoms with van der Waals surface area (Å²) in [6, 6.07) is 0.177. The Hall–Kier alpha value is -0.490. The first-order chi connectivity index (χ1) is 12.0. The zero-order chi connectivity index (χ0) is 17.0. The number of carbonyl (C=O) groups excluding carboxylic acids is 1. The van der Waals surface area contributed by atoms with Gasteiger partial charge in [-0.25, -0.2) is 0 Å². The quantitative estimate of drug-likeness (QED) is 0.783. The van der Waals surface area contributed by atoms with E-state index in [1.54, 1.807) is 0 Å². The number of piperidine rings is 1. The van der Waals surface area contributed by atoms with Gasteiger partial charge in [0.15, 0.2) is 5.78 Å². The maximum atomic E-state index is 12.8. The van der Waals surface area contributed by atoms with Crippen LogP contribution in [0, 0.1) is 23.2 Å². The summed E-state index contributed by atoms with van der Waals surface area (Å²) in [4.78, 5) is 15.3. The number of carbonyl (C=O) groups is 1. The number of aliphatic hydroxyl groups excluding tert-OH is 1. The maximum absolute atomic E-state index is 12.8. The number of ketones is 1. The molecule has 2 bridgehead atoms. The lowest BCUT2D eigenvalue weighted by molar-refractivity contribution is -0.251. The van der Waals surface area contributed by atoms with Crippen molar-refractivity contribution < 1.29 is 19.7 Å². The SMILES string of the molecule is O=C1CC[C@@]2(O)[C@H]3CC4CCC(O)C5OC1[C@]2(CCN3CC1CC1)C45. The van der Waals surface area contributed by atoms with Gasteiger partial charge in [0.1, 0.15) is 6.10 Å². The first kappa shape index (κ1) is 15.6. The van der Waals surface area contributed by atoms with E-state index < -0.39 is 23.2 Å². The minimum atomic E-state index is -0.814. The average molecular weight is 347 g/mol. The largest absolute Gasteiger partial charge is 0.390 e. The molecule has 5 heteroatoms. The van der Waals surface area contributed by atoms with E-state index in [2.05, 4.69) is 4.90 Å². The summed E-state index contributed by atoms with van der Waals surface area (Å²) in [5.74, 6) is 1.63. The van der Waals surface area contributed by atoms with E-state index in [0.29, 0.717) is 18.8 Å². The monoisotopic (exact) mass is 347 g/mol. The van der Waals surface area contributed by atoms with Crippen LogP contribution in [0.4, 0.5) is 0 Å². The molecule has 4 saturated carbocycles.